The van der Waals surface area contributed by atoms with Crippen molar-refractivity contribution in [3.63, 3.8) is 0 Å². The zero-order chi connectivity index (χ0) is 22.8. The van der Waals surface area contributed by atoms with Crippen molar-refractivity contribution in [2.75, 3.05) is 5.32 Å². The molecule has 2 aromatic carbocycles. The van der Waals surface area contributed by atoms with Crippen molar-refractivity contribution in [3.8, 4) is 0 Å². The van der Waals surface area contributed by atoms with Gasteiger partial charge in [-0.1, -0.05) is 53.0 Å². The van der Waals surface area contributed by atoms with Crippen LogP contribution < -0.4 is 21.5 Å². The second-order valence-electron chi connectivity index (χ2n) is 6.02. The van der Waals surface area contributed by atoms with E-state index in [4.69, 9.17) is 47.0 Å². The highest BCUT2D eigenvalue weighted by Gasteiger charge is 2.10. The second kappa shape index (κ2) is 12.3. The standard InChI is InChI=1S/C20H17Cl3N4O3S/c21-13-6-7-16(15(23)11-13)24-17(28)9-10-19(30)26-27-20(31)25-18(29)8-5-12-3-1-2-4-14(12)22/h1-8,11H,9-10H2,(H,24,28)(H,26,30)(H2,25,27,29,31). The third kappa shape index (κ3) is 8.94. The summed E-state index contributed by atoms with van der Waals surface area (Å²) < 4.78 is 0. The summed E-state index contributed by atoms with van der Waals surface area (Å²) in [4.78, 5) is 35.7. The number of hydrogen-bond donors (Lipinski definition) is 4. The molecular formula is C20H17Cl3N4O3S. The Balaban J connectivity index is 1.69. The number of carbonyl (C=O) groups excluding carboxylic acids is 3. The molecule has 0 aromatic heterocycles. The molecule has 4 N–H and O–H groups in total. The normalized spacial score (nSPS) is 10.4. The van der Waals surface area contributed by atoms with Crippen molar-refractivity contribution in [2.45, 2.75) is 12.8 Å². The lowest BCUT2D eigenvalue weighted by molar-refractivity contribution is -0.124. The maximum atomic E-state index is 11.9. The van der Waals surface area contributed by atoms with E-state index in [1.165, 1.54) is 18.2 Å². The molecule has 11 heteroatoms. The van der Waals surface area contributed by atoms with Crippen LogP contribution in [0.25, 0.3) is 6.08 Å². The molecule has 7 nitrogen and oxygen atoms in total. The third-order valence-electron chi connectivity index (χ3n) is 3.66. The summed E-state index contributed by atoms with van der Waals surface area (Å²) in [7, 11) is 0. The van der Waals surface area contributed by atoms with Crippen molar-refractivity contribution < 1.29 is 14.4 Å². The van der Waals surface area contributed by atoms with Gasteiger partial charge in [0.2, 0.25) is 17.7 Å². The van der Waals surface area contributed by atoms with Crippen LogP contribution in [-0.4, -0.2) is 22.8 Å². The van der Waals surface area contributed by atoms with Gasteiger partial charge in [-0.05, 0) is 48.1 Å². The van der Waals surface area contributed by atoms with Gasteiger partial charge in [0.15, 0.2) is 5.11 Å². The molecule has 0 atom stereocenters. The largest absolute Gasteiger partial charge is 0.325 e. The first-order valence-electron chi connectivity index (χ1n) is 8.82. The number of nitrogens with one attached hydrogen (secondary N) is 4. The first kappa shape index (κ1) is 24.6. The Bertz CT molecular complexity index is 1030. The van der Waals surface area contributed by atoms with Gasteiger partial charge in [0.1, 0.15) is 0 Å². The molecule has 3 amide bonds. The average molecular weight is 500 g/mol. The maximum Gasteiger partial charge on any atom is 0.250 e. The number of hydrazine groups is 1. The predicted octanol–water partition coefficient (Wildman–Crippen LogP) is 4.10. The van der Waals surface area contributed by atoms with E-state index in [9.17, 15) is 14.4 Å². The lowest BCUT2D eigenvalue weighted by Crippen LogP contribution is -2.48. The van der Waals surface area contributed by atoms with Gasteiger partial charge in [0, 0.05) is 29.0 Å². The van der Waals surface area contributed by atoms with Crippen LogP contribution in [0.4, 0.5) is 5.69 Å². The van der Waals surface area contributed by atoms with E-state index in [0.29, 0.717) is 21.3 Å². The third-order valence-corrected chi connectivity index (χ3v) is 4.75. The van der Waals surface area contributed by atoms with Crippen molar-refractivity contribution in [1.29, 1.82) is 0 Å². The van der Waals surface area contributed by atoms with E-state index in [2.05, 4.69) is 21.5 Å². The smallest absolute Gasteiger partial charge is 0.250 e. The van der Waals surface area contributed by atoms with Gasteiger partial charge in [0.25, 0.3) is 0 Å². The Morgan fingerprint density at radius 1 is 0.903 bits per heavy atom. The lowest BCUT2D eigenvalue weighted by atomic mass is 10.2. The molecule has 0 saturated carbocycles. The highest BCUT2D eigenvalue weighted by atomic mass is 35.5. The summed E-state index contributed by atoms with van der Waals surface area (Å²) in [6.45, 7) is 0. The molecule has 0 aliphatic rings. The maximum absolute atomic E-state index is 11.9. The minimum absolute atomic E-state index is 0.0911. The molecule has 0 heterocycles. The lowest BCUT2D eigenvalue weighted by Gasteiger charge is -2.10. The van der Waals surface area contributed by atoms with Gasteiger partial charge in [-0.25, -0.2) is 0 Å². The van der Waals surface area contributed by atoms with Gasteiger partial charge in [-0.15, -0.1) is 0 Å². The summed E-state index contributed by atoms with van der Waals surface area (Å²) in [6.07, 6.45) is 2.58. The van der Waals surface area contributed by atoms with Crippen LogP contribution >= 0.6 is 47.0 Å². The van der Waals surface area contributed by atoms with Gasteiger partial charge < -0.3 is 5.32 Å². The summed E-state index contributed by atoms with van der Waals surface area (Å²) >= 11 is 22.7. The number of hydrogen-bond acceptors (Lipinski definition) is 4. The van der Waals surface area contributed by atoms with E-state index in [-0.39, 0.29) is 23.0 Å². The fourth-order valence-corrected chi connectivity index (χ4v) is 2.99. The number of thiocarbonyl (C=S) groups is 1. The monoisotopic (exact) mass is 498 g/mol. The number of benzene rings is 2. The molecule has 0 bridgehead atoms. The predicted molar refractivity (Wildman–Crippen MR) is 127 cm³/mol. The molecule has 0 spiro atoms. The zero-order valence-electron chi connectivity index (χ0n) is 15.9. The Morgan fingerprint density at radius 2 is 1.61 bits per heavy atom. The highest BCUT2D eigenvalue weighted by molar-refractivity contribution is 7.80. The molecule has 0 unspecified atom stereocenters. The van der Waals surface area contributed by atoms with Gasteiger partial charge in [-0.3, -0.25) is 30.6 Å². The number of halogens is 3. The summed E-state index contributed by atoms with van der Waals surface area (Å²) in [5.41, 5.74) is 5.74. The summed E-state index contributed by atoms with van der Waals surface area (Å²) in [5.74, 6) is -1.41. The molecule has 162 valence electrons. The molecule has 0 aliphatic carbocycles. The van der Waals surface area contributed by atoms with Crippen molar-refractivity contribution in [3.05, 3.63) is 69.2 Å². The van der Waals surface area contributed by atoms with Crippen LogP contribution in [0.15, 0.2) is 48.5 Å². The van der Waals surface area contributed by atoms with Crippen molar-refractivity contribution in [2.24, 2.45) is 0 Å². The molecular weight excluding hydrogens is 483 g/mol. The van der Waals surface area contributed by atoms with Crippen LogP contribution in [0.3, 0.4) is 0 Å². The topological polar surface area (TPSA) is 99.3 Å². The molecule has 2 aromatic rings. The average Bonchev–Trinajstić information content (AvgIpc) is 2.72. The minimum Gasteiger partial charge on any atom is -0.325 e. The van der Waals surface area contributed by atoms with Crippen LogP contribution in [-0.2, 0) is 14.4 Å². The molecule has 31 heavy (non-hydrogen) atoms. The summed E-state index contributed by atoms with van der Waals surface area (Å²) in [6, 6.07) is 11.6. The Kier molecular flexibility index (Phi) is 9.74. The molecule has 2 rings (SSSR count). The number of amides is 3. The van der Waals surface area contributed by atoms with E-state index in [1.54, 1.807) is 36.4 Å². The minimum atomic E-state index is -0.508. The second-order valence-corrected chi connectivity index (χ2v) is 7.68. The fourth-order valence-electron chi connectivity index (χ4n) is 2.18. The van der Waals surface area contributed by atoms with Crippen LogP contribution in [0.2, 0.25) is 15.1 Å². The first-order chi connectivity index (χ1) is 14.7. The number of anilines is 1. The molecule has 0 aliphatic heterocycles. The Hall–Kier alpha value is -2.65. The Labute approximate surface area is 199 Å². The van der Waals surface area contributed by atoms with Crippen molar-refractivity contribution >= 4 is 81.6 Å². The highest BCUT2D eigenvalue weighted by Crippen LogP contribution is 2.25. The quantitative estimate of drug-likeness (QED) is 0.272. The van der Waals surface area contributed by atoms with Gasteiger partial charge >= 0.3 is 0 Å². The van der Waals surface area contributed by atoms with Crippen LogP contribution in [0, 0.1) is 0 Å². The Morgan fingerprint density at radius 3 is 2.32 bits per heavy atom. The van der Waals surface area contributed by atoms with Gasteiger partial charge in [0.05, 0.1) is 10.7 Å². The van der Waals surface area contributed by atoms with Gasteiger partial charge in [-0.2, -0.15) is 0 Å². The molecule has 0 saturated heterocycles. The van der Waals surface area contributed by atoms with E-state index in [1.807, 2.05) is 0 Å². The fraction of sp³-hybridized carbons (Fsp3) is 0.100. The van der Waals surface area contributed by atoms with Crippen LogP contribution in [0.1, 0.15) is 18.4 Å². The van der Waals surface area contributed by atoms with E-state index in [0.717, 1.165) is 0 Å². The zero-order valence-corrected chi connectivity index (χ0v) is 19.0. The molecule has 0 fully saturated rings. The number of rotatable bonds is 6. The van der Waals surface area contributed by atoms with Crippen molar-refractivity contribution in [1.82, 2.24) is 16.2 Å². The van der Waals surface area contributed by atoms with E-state index >= 15 is 0 Å². The van der Waals surface area contributed by atoms with Crippen LogP contribution in [0.5, 0.6) is 0 Å². The summed E-state index contributed by atoms with van der Waals surface area (Å²) in [5, 5.41) is 6.07. The molecule has 0 radical (unpaired) electrons. The first-order valence-corrected chi connectivity index (χ1v) is 10.4. The number of carbonyl (C=O) groups is 3. The SMILES string of the molecule is O=C(C=Cc1ccccc1Cl)NC(=S)NNC(=O)CCC(=O)Nc1ccc(Cl)cc1Cl. The van der Waals surface area contributed by atoms with E-state index < -0.39 is 17.7 Å².